The summed E-state index contributed by atoms with van der Waals surface area (Å²) in [5, 5.41) is 23.2. The van der Waals surface area contributed by atoms with Crippen LogP contribution in [-0.4, -0.2) is 27.6 Å². The van der Waals surface area contributed by atoms with Gasteiger partial charge >= 0.3 is 5.97 Å². The molecular formula is C20H19NO5. The molecule has 0 unspecified atom stereocenters. The van der Waals surface area contributed by atoms with E-state index in [1.807, 2.05) is 6.07 Å². The van der Waals surface area contributed by atoms with E-state index >= 15 is 0 Å². The molecule has 1 fully saturated rings. The Balaban J connectivity index is 2.05. The van der Waals surface area contributed by atoms with Crippen molar-refractivity contribution < 1.29 is 19.6 Å². The maximum Gasteiger partial charge on any atom is 0.325 e. The molecule has 0 saturated heterocycles. The molecule has 1 N–H and O–H groups in total. The third-order valence-corrected chi connectivity index (χ3v) is 5.89. The van der Waals surface area contributed by atoms with Crippen LogP contribution in [0.4, 0.5) is 0 Å². The zero-order valence-electron chi connectivity index (χ0n) is 14.3. The van der Waals surface area contributed by atoms with Gasteiger partial charge in [-0.2, -0.15) is 0 Å². The molecule has 4 atom stereocenters. The van der Waals surface area contributed by atoms with E-state index in [1.54, 1.807) is 55.5 Å². The lowest BCUT2D eigenvalue weighted by Crippen LogP contribution is -2.63. The third kappa shape index (κ3) is 2.05. The number of hydrogen-bond acceptors (Lipinski definition) is 5. The zero-order chi connectivity index (χ0) is 18.5. The van der Waals surface area contributed by atoms with Gasteiger partial charge in [0.15, 0.2) is 0 Å². The number of rotatable bonds is 2. The SMILES string of the molecule is C[C@]1(O)CC[C@@H]([N+](=O)[O-])[C@H](c2ccccc2)[C@]12C(=O)Oc1ccccc12. The fraction of sp³-hybridized carbons (Fsp3) is 0.350. The lowest BCUT2D eigenvalue weighted by molar-refractivity contribution is -0.534. The summed E-state index contributed by atoms with van der Waals surface area (Å²) in [6, 6.07) is 14.8. The average molecular weight is 353 g/mol. The van der Waals surface area contributed by atoms with Crippen molar-refractivity contribution in [3.8, 4) is 5.75 Å². The summed E-state index contributed by atoms with van der Waals surface area (Å²) in [5.74, 6) is -1.08. The summed E-state index contributed by atoms with van der Waals surface area (Å²) in [7, 11) is 0. The first-order valence-electron chi connectivity index (χ1n) is 8.62. The smallest absolute Gasteiger partial charge is 0.325 e. The molecule has 4 rings (SSSR count). The monoisotopic (exact) mass is 353 g/mol. The van der Waals surface area contributed by atoms with Gasteiger partial charge in [0.2, 0.25) is 6.04 Å². The Kier molecular flexibility index (Phi) is 3.63. The van der Waals surface area contributed by atoms with E-state index in [-0.39, 0.29) is 17.8 Å². The minimum atomic E-state index is -1.51. The second kappa shape index (κ2) is 5.64. The first kappa shape index (κ1) is 16.7. The van der Waals surface area contributed by atoms with Crippen molar-refractivity contribution in [3.63, 3.8) is 0 Å². The van der Waals surface area contributed by atoms with Crippen LogP contribution < -0.4 is 4.74 Å². The van der Waals surface area contributed by atoms with Crippen molar-refractivity contribution in [1.82, 2.24) is 0 Å². The molecule has 26 heavy (non-hydrogen) atoms. The lowest BCUT2D eigenvalue weighted by Gasteiger charge is -2.49. The molecule has 0 bridgehead atoms. The Hall–Kier alpha value is -2.73. The number of esters is 1. The van der Waals surface area contributed by atoms with Crippen molar-refractivity contribution >= 4 is 5.97 Å². The van der Waals surface area contributed by atoms with Gasteiger partial charge in [0, 0.05) is 16.9 Å². The van der Waals surface area contributed by atoms with Gasteiger partial charge in [0.05, 0.1) is 11.5 Å². The van der Waals surface area contributed by atoms with Crippen LogP contribution in [-0.2, 0) is 10.2 Å². The van der Waals surface area contributed by atoms with Crippen molar-refractivity contribution in [1.29, 1.82) is 0 Å². The number of carbonyl (C=O) groups is 1. The summed E-state index contributed by atoms with van der Waals surface area (Å²) < 4.78 is 5.49. The summed E-state index contributed by atoms with van der Waals surface area (Å²) in [5.41, 5.74) is -1.80. The number of para-hydroxylation sites is 1. The molecular weight excluding hydrogens is 334 g/mol. The molecule has 134 valence electrons. The van der Waals surface area contributed by atoms with Crippen molar-refractivity contribution in [2.24, 2.45) is 0 Å². The molecule has 2 aromatic carbocycles. The molecule has 1 aliphatic carbocycles. The first-order valence-corrected chi connectivity index (χ1v) is 8.62. The maximum atomic E-state index is 13.2. The summed E-state index contributed by atoms with van der Waals surface area (Å²) >= 11 is 0. The third-order valence-electron chi connectivity index (χ3n) is 5.89. The van der Waals surface area contributed by atoms with E-state index in [9.17, 15) is 20.0 Å². The number of aliphatic hydroxyl groups is 1. The van der Waals surface area contributed by atoms with Gasteiger partial charge in [0.25, 0.3) is 0 Å². The molecule has 1 spiro atoms. The van der Waals surface area contributed by atoms with Crippen LogP contribution >= 0.6 is 0 Å². The standard InChI is InChI=1S/C20H19NO5/c1-19(23)12-11-15(21(24)25)17(13-7-3-2-4-8-13)20(19)14-9-5-6-10-16(14)26-18(20)22/h2-10,15,17,23H,11-12H2,1H3/t15-,17+,19+,20-/m1/s1. The normalized spacial score (nSPS) is 32.9. The number of ether oxygens (including phenoxy) is 1. The van der Waals surface area contributed by atoms with E-state index in [0.29, 0.717) is 16.9 Å². The van der Waals surface area contributed by atoms with Crippen LogP contribution in [0.15, 0.2) is 54.6 Å². The zero-order valence-corrected chi connectivity index (χ0v) is 14.3. The van der Waals surface area contributed by atoms with Crippen molar-refractivity contribution in [2.75, 3.05) is 0 Å². The Bertz CT molecular complexity index is 879. The topological polar surface area (TPSA) is 89.7 Å². The predicted octanol–water partition coefficient (Wildman–Crippen LogP) is 2.82. The van der Waals surface area contributed by atoms with Crippen LogP contribution in [0, 0.1) is 10.1 Å². The molecule has 1 saturated carbocycles. The van der Waals surface area contributed by atoms with Crippen LogP contribution in [0.2, 0.25) is 0 Å². The number of carbonyl (C=O) groups excluding carboxylic acids is 1. The first-order chi connectivity index (χ1) is 12.4. The number of nitrogens with zero attached hydrogens (tertiary/aromatic N) is 1. The number of hydrogen-bond donors (Lipinski definition) is 1. The quantitative estimate of drug-likeness (QED) is 0.388. The van der Waals surface area contributed by atoms with Gasteiger partial charge in [-0.1, -0.05) is 48.5 Å². The predicted molar refractivity (Wildman–Crippen MR) is 93.6 cm³/mol. The molecule has 6 nitrogen and oxygen atoms in total. The van der Waals surface area contributed by atoms with Gasteiger partial charge < -0.3 is 9.84 Å². The van der Waals surface area contributed by atoms with Crippen LogP contribution in [0.1, 0.15) is 36.8 Å². The summed E-state index contributed by atoms with van der Waals surface area (Å²) in [6.45, 7) is 1.59. The summed E-state index contributed by atoms with van der Waals surface area (Å²) in [4.78, 5) is 24.7. The molecule has 0 amide bonds. The Labute approximate surface area is 150 Å². The minimum Gasteiger partial charge on any atom is -0.425 e. The van der Waals surface area contributed by atoms with E-state index in [2.05, 4.69) is 0 Å². The maximum absolute atomic E-state index is 13.2. The lowest BCUT2D eigenvalue weighted by atomic mass is 9.52. The number of nitro groups is 1. The largest absolute Gasteiger partial charge is 0.425 e. The second-order valence-electron chi connectivity index (χ2n) is 7.25. The van der Waals surface area contributed by atoms with Gasteiger partial charge in [-0.05, 0) is 25.0 Å². The van der Waals surface area contributed by atoms with Crippen molar-refractivity contribution in [3.05, 3.63) is 75.8 Å². The fourth-order valence-corrected chi connectivity index (χ4v) is 4.75. The highest BCUT2D eigenvalue weighted by atomic mass is 16.6. The van der Waals surface area contributed by atoms with E-state index in [0.717, 1.165) is 0 Å². The summed E-state index contributed by atoms with van der Waals surface area (Å²) in [6.07, 6.45) is 0.335. The van der Waals surface area contributed by atoms with E-state index in [1.165, 1.54) is 0 Å². The fourth-order valence-electron chi connectivity index (χ4n) is 4.75. The van der Waals surface area contributed by atoms with Crippen LogP contribution in [0.3, 0.4) is 0 Å². The molecule has 1 heterocycles. The van der Waals surface area contributed by atoms with Gasteiger partial charge in [-0.3, -0.25) is 14.9 Å². The molecule has 6 heteroatoms. The van der Waals surface area contributed by atoms with Gasteiger partial charge in [-0.15, -0.1) is 0 Å². The highest BCUT2D eigenvalue weighted by Crippen LogP contribution is 2.60. The second-order valence-corrected chi connectivity index (χ2v) is 7.25. The molecule has 2 aliphatic rings. The highest BCUT2D eigenvalue weighted by Gasteiger charge is 2.70. The van der Waals surface area contributed by atoms with Crippen LogP contribution in [0.5, 0.6) is 5.75 Å². The average Bonchev–Trinajstić information content (AvgIpc) is 2.91. The molecule has 0 radical (unpaired) electrons. The molecule has 1 aliphatic heterocycles. The van der Waals surface area contributed by atoms with Gasteiger partial charge in [-0.25, -0.2) is 0 Å². The number of fused-ring (bicyclic) bond motifs is 2. The minimum absolute atomic E-state index is 0.144. The highest BCUT2D eigenvalue weighted by molar-refractivity contribution is 5.94. The Morgan fingerprint density at radius 1 is 1.15 bits per heavy atom. The van der Waals surface area contributed by atoms with Crippen molar-refractivity contribution in [2.45, 2.75) is 42.7 Å². The van der Waals surface area contributed by atoms with Crippen LogP contribution in [0.25, 0.3) is 0 Å². The Morgan fingerprint density at radius 3 is 2.50 bits per heavy atom. The molecule has 2 aromatic rings. The van der Waals surface area contributed by atoms with E-state index < -0.39 is 28.9 Å². The number of benzene rings is 2. The van der Waals surface area contributed by atoms with Gasteiger partial charge in [0.1, 0.15) is 11.2 Å². The molecule has 0 aromatic heterocycles. The van der Waals surface area contributed by atoms with E-state index in [4.69, 9.17) is 4.74 Å². The Morgan fingerprint density at radius 2 is 1.81 bits per heavy atom.